The summed E-state index contributed by atoms with van der Waals surface area (Å²) in [5.41, 5.74) is 1.91. The van der Waals surface area contributed by atoms with Crippen LogP contribution >= 0.6 is 11.6 Å². The summed E-state index contributed by atoms with van der Waals surface area (Å²) in [4.78, 5) is 9.09. The number of halogens is 1. The molecule has 1 radical (unpaired) electrons. The first-order chi connectivity index (χ1) is 13.5. The van der Waals surface area contributed by atoms with Gasteiger partial charge >= 0.3 is 0 Å². The van der Waals surface area contributed by atoms with Gasteiger partial charge in [-0.15, -0.1) is 0 Å². The highest BCUT2D eigenvalue weighted by Gasteiger charge is 2.18. The number of fused-ring (bicyclic) bond motifs is 1. The van der Waals surface area contributed by atoms with E-state index in [4.69, 9.17) is 11.6 Å². The predicted octanol–water partition coefficient (Wildman–Crippen LogP) is 4.63. The lowest BCUT2D eigenvalue weighted by atomic mass is 10.3. The molecule has 0 unspecified atom stereocenters. The summed E-state index contributed by atoms with van der Waals surface area (Å²) in [5, 5.41) is 3.69. The zero-order valence-corrected chi connectivity index (χ0v) is 16.0. The van der Waals surface area contributed by atoms with Crippen LogP contribution in [0, 0.1) is 6.07 Å². The molecule has 0 aliphatic carbocycles. The van der Waals surface area contributed by atoms with E-state index in [0.717, 1.165) is 0 Å². The number of hydrogen-bond donors (Lipinski definition) is 2. The van der Waals surface area contributed by atoms with Gasteiger partial charge in [-0.3, -0.25) is 4.72 Å². The molecule has 4 rings (SSSR count). The van der Waals surface area contributed by atoms with Crippen molar-refractivity contribution in [1.82, 2.24) is 9.97 Å². The Kier molecular flexibility index (Phi) is 4.85. The highest BCUT2D eigenvalue weighted by Crippen LogP contribution is 2.27. The Morgan fingerprint density at radius 1 is 0.821 bits per heavy atom. The topological polar surface area (TPSA) is 84.0 Å². The zero-order valence-electron chi connectivity index (χ0n) is 14.4. The molecular formula is C20H14ClN4O2S. The minimum Gasteiger partial charge on any atom is -0.337 e. The second kappa shape index (κ2) is 7.46. The second-order valence-electron chi connectivity index (χ2n) is 5.88. The fourth-order valence-electron chi connectivity index (χ4n) is 2.57. The van der Waals surface area contributed by atoms with E-state index in [9.17, 15) is 8.42 Å². The third-order valence-corrected chi connectivity index (χ3v) is 5.51. The molecule has 0 spiro atoms. The number of anilines is 3. The van der Waals surface area contributed by atoms with Gasteiger partial charge in [0.25, 0.3) is 10.0 Å². The van der Waals surface area contributed by atoms with Gasteiger partial charge in [-0.2, -0.15) is 0 Å². The Hall–Kier alpha value is -3.16. The molecule has 28 heavy (non-hydrogen) atoms. The van der Waals surface area contributed by atoms with Crippen molar-refractivity contribution < 1.29 is 8.42 Å². The molecule has 0 aliphatic heterocycles. The molecule has 8 heteroatoms. The molecule has 139 valence electrons. The Balaban J connectivity index is 1.78. The van der Waals surface area contributed by atoms with Crippen LogP contribution < -0.4 is 10.0 Å². The van der Waals surface area contributed by atoms with Gasteiger partial charge in [-0.05, 0) is 54.6 Å². The molecule has 0 atom stereocenters. The minimum absolute atomic E-state index is 0.0986. The molecule has 0 fully saturated rings. The van der Waals surface area contributed by atoms with Crippen LogP contribution in [0.4, 0.5) is 17.3 Å². The van der Waals surface area contributed by atoms with E-state index in [1.165, 1.54) is 24.3 Å². The molecule has 0 saturated carbocycles. The summed E-state index contributed by atoms with van der Waals surface area (Å²) in [6, 6.07) is 23.0. The quantitative estimate of drug-likeness (QED) is 0.502. The van der Waals surface area contributed by atoms with Crippen molar-refractivity contribution in [2.45, 2.75) is 4.90 Å². The molecule has 3 aromatic carbocycles. The molecule has 6 nitrogen and oxygen atoms in total. The highest BCUT2D eigenvalue weighted by molar-refractivity contribution is 7.92. The standard InChI is InChI=1S/C20H14ClN4O2S/c21-14-10-12-15(13-11-14)22-19-20(24-18-9-5-4-8-17(18)23-19)25-28(26,27)16-6-2-1-3-7-16/h2-13H,(H,22,23)(H,24,25). The third-order valence-electron chi connectivity index (χ3n) is 3.91. The van der Waals surface area contributed by atoms with Crippen molar-refractivity contribution in [1.29, 1.82) is 0 Å². The highest BCUT2D eigenvalue weighted by atomic mass is 35.5. The van der Waals surface area contributed by atoms with E-state index in [-0.39, 0.29) is 16.5 Å². The fourth-order valence-corrected chi connectivity index (χ4v) is 3.70. The van der Waals surface area contributed by atoms with Crippen LogP contribution in [0.1, 0.15) is 0 Å². The maximum Gasteiger partial charge on any atom is 0.263 e. The third kappa shape index (κ3) is 3.90. The van der Waals surface area contributed by atoms with Crippen LogP contribution in [-0.4, -0.2) is 18.4 Å². The van der Waals surface area contributed by atoms with E-state index < -0.39 is 10.0 Å². The van der Waals surface area contributed by atoms with Gasteiger partial charge in [0.05, 0.1) is 15.9 Å². The summed E-state index contributed by atoms with van der Waals surface area (Å²) in [6.45, 7) is 0. The maximum atomic E-state index is 12.7. The van der Waals surface area contributed by atoms with Gasteiger partial charge in [0.1, 0.15) is 0 Å². The van der Waals surface area contributed by atoms with Crippen molar-refractivity contribution in [3.8, 4) is 0 Å². The second-order valence-corrected chi connectivity index (χ2v) is 8.00. The number of aromatic nitrogens is 2. The number of para-hydroxylation sites is 2. The molecule has 0 amide bonds. The SMILES string of the molecule is O=S(=O)(Nc1nc2ccccc2nc1Nc1ccc(Cl)cc1)c1cc[c]cc1. The van der Waals surface area contributed by atoms with Gasteiger partial charge < -0.3 is 5.32 Å². The van der Waals surface area contributed by atoms with Crippen LogP contribution in [0.2, 0.25) is 5.02 Å². The molecule has 4 aromatic rings. The van der Waals surface area contributed by atoms with E-state index in [1.807, 2.05) is 12.1 Å². The number of sulfonamides is 1. The summed E-state index contributed by atoms with van der Waals surface area (Å²) in [6.07, 6.45) is 0. The van der Waals surface area contributed by atoms with Crippen molar-refractivity contribution >= 4 is 50.0 Å². The van der Waals surface area contributed by atoms with Crippen molar-refractivity contribution in [3.63, 3.8) is 0 Å². The van der Waals surface area contributed by atoms with E-state index in [2.05, 4.69) is 26.1 Å². The van der Waals surface area contributed by atoms with Gasteiger partial charge in [-0.1, -0.05) is 35.9 Å². The van der Waals surface area contributed by atoms with Gasteiger partial charge in [0.15, 0.2) is 11.6 Å². The molecule has 1 aromatic heterocycles. The Bertz CT molecular complexity index is 1230. The normalized spacial score (nSPS) is 11.3. The lowest BCUT2D eigenvalue weighted by Crippen LogP contribution is -2.16. The zero-order chi connectivity index (χ0) is 19.6. The lowest BCUT2D eigenvalue weighted by Gasteiger charge is -2.14. The van der Waals surface area contributed by atoms with Crippen molar-refractivity contribution in [2.75, 3.05) is 10.0 Å². The molecule has 0 saturated heterocycles. The van der Waals surface area contributed by atoms with E-state index >= 15 is 0 Å². The number of benzene rings is 3. The van der Waals surface area contributed by atoms with Gasteiger partial charge in [0.2, 0.25) is 0 Å². The molecule has 1 heterocycles. The Morgan fingerprint density at radius 3 is 2.07 bits per heavy atom. The van der Waals surface area contributed by atoms with Gasteiger partial charge in [-0.25, -0.2) is 18.4 Å². The van der Waals surface area contributed by atoms with Crippen molar-refractivity contribution in [2.24, 2.45) is 0 Å². The summed E-state index contributed by atoms with van der Waals surface area (Å²) < 4.78 is 28.0. The smallest absolute Gasteiger partial charge is 0.263 e. The average molecular weight is 410 g/mol. The Labute approximate surface area is 167 Å². The number of hydrogen-bond acceptors (Lipinski definition) is 5. The maximum absolute atomic E-state index is 12.7. The summed E-state index contributed by atoms with van der Waals surface area (Å²) in [7, 11) is -3.84. The number of rotatable bonds is 5. The van der Waals surface area contributed by atoms with Gasteiger partial charge in [0, 0.05) is 10.7 Å². The van der Waals surface area contributed by atoms with Crippen LogP contribution in [0.5, 0.6) is 0 Å². The largest absolute Gasteiger partial charge is 0.337 e. The first kappa shape index (κ1) is 18.2. The average Bonchev–Trinajstić information content (AvgIpc) is 2.70. The molecule has 0 aliphatic rings. The number of nitrogens with zero attached hydrogens (tertiary/aromatic N) is 2. The summed E-state index contributed by atoms with van der Waals surface area (Å²) in [5.74, 6) is 0.383. The molecule has 0 bridgehead atoms. The van der Waals surface area contributed by atoms with E-state index in [1.54, 1.807) is 36.4 Å². The first-order valence-electron chi connectivity index (χ1n) is 8.30. The minimum atomic E-state index is -3.84. The molecular weight excluding hydrogens is 396 g/mol. The van der Waals surface area contributed by atoms with Crippen LogP contribution in [0.15, 0.2) is 77.7 Å². The fraction of sp³-hybridized carbons (Fsp3) is 0. The Morgan fingerprint density at radius 2 is 1.43 bits per heavy atom. The van der Waals surface area contributed by atoms with Crippen LogP contribution in [-0.2, 0) is 10.0 Å². The first-order valence-corrected chi connectivity index (χ1v) is 10.2. The van der Waals surface area contributed by atoms with E-state index in [0.29, 0.717) is 21.7 Å². The van der Waals surface area contributed by atoms with Crippen LogP contribution in [0.3, 0.4) is 0 Å². The molecule has 2 N–H and O–H groups in total. The monoisotopic (exact) mass is 409 g/mol. The van der Waals surface area contributed by atoms with Crippen molar-refractivity contribution in [3.05, 3.63) is 83.9 Å². The number of nitrogens with one attached hydrogen (secondary N) is 2. The predicted molar refractivity (Wildman–Crippen MR) is 110 cm³/mol. The van der Waals surface area contributed by atoms with Crippen LogP contribution in [0.25, 0.3) is 11.0 Å². The lowest BCUT2D eigenvalue weighted by molar-refractivity contribution is 0.601. The summed E-state index contributed by atoms with van der Waals surface area (Å²) >= 11 is 5.93.